The Morgan fingerprint density at radius 2 is 1.68 bits per heavy atom. The van der Waals surface area contributed by atoms with Gasteiger partial charge in [-0.05, 0) is 68.3 Å². The monoisotopic (exact) mass is 599 g/mol. The summed E-state index contributed by atoms with van der Waals surface area (Å²) in [6.45, 7) is 11.0. The highest BCUT2D eigenvalue weighted by Gasteiger charge is 2.21. The summed E-state index contributed by atoms with van der Waals surface area (Å²) in [7, 11) is -3.74. The second-order valence-corrected chi connectivity index (χ2v) is 12.7. The summed E-state index contributed by atoms with van der Waals surface area (Å²) in [4.78, 5) is 22.5. The van der Waals surface area contributed by atoms with Crippen LogP contribution in [0, 0.1) is 20.8 Å². The third-order valence-electron chi connectivity index (χ3n) is 6.87. The zero-order valence-electron chi connectivity index (χ0n) is 22.8. The van der Waals surface area contributed by atoms with Crippen molar-refractivity contribution < 1.29 is 13.2 Å². The van der Waals surface area contributed by atoms with Crippen LogP contribution in [0.15, 0.2) is 65.6 Å². The maximum atomic E-state index is 12.8. The van der Waals surface area contributed by atoms with E-state index in [-0.39, 0.29) is 23.2 Å². The Labute approximate surface area is 245 Å². The first-order valence-electron chi connectivity index (χ1n) is 13.0. The van der Waals surface area contributed by atoms with Crippen LogP contribution in [-0.2, 0) is 10.0 Å². The number of anilines is 2. The maximum absolute atomic E-state index is 12.8. The molecule has 3 aromatic carbocycles. The van der Waals surface area contributed by atoms with E-state index in [0.717, 1.165) is 48.9 Å². The molecule has 0 radical (unpaired) electrons. The number of fused-ring (bicyclic) bond motifs is 1. The lowest BCUT2D eigenvalue weighted by Crippen LogP contribution is -2.48. The first kappa shape index (κ1) is 29.8. The van der Waals surface area contributed by atoms with Crippen LogP contribution in [-0.4, -0.2) is 63.5 Å². The van der Waals surface area contributed by atoms with Crippen LogP contribution < -0.4 is 14.9 Å². The lowest BCUT2D eigenvalue weighted by Gasteiger charge is -2.34. The number of nitrogens with one attached hydrogen (secondary N) is 2. The molecule has 40 heavy (non-hydrogen) atoms. The molecule has 2 N–H and O–H groups in total. The minimum Gasteiger partial charge on any atom is -0.351 e. The van der Waals surface area contributed by atoms with Crippen LogP contribution in [0.4, 0.5) is 10.8 Å². The largest absolute Gasteiger partial charge is 0.351 e. The number of carbonyl (C=O) groups excluding carboxylic acids is 1. The molecule has 212 valence electrons. The summed E-state index contributed by atoms with van der Waals surface area (Å²) in [6, 6.07) is 17.5. The van der Waals surface area contributed by atoms with Crippen LogP contribution in [0.2, 0.25) is 0 Å². The van der Waals surface area contributed by atoms with Gasteiger partial charge in [0.15, 0.2) is 5.13 Å². The number of sulfonamides is 1. The number of aromatic nitrogens is 1. The quantitative estimate of drug-likeness (QED) is 0.296. The average molecular weight is 600 g/mol. The second kappa shape index (κ2) is 12.6. The van der Waals surface area contributed by atoms with Gasteiger partial charge in [0, 0.05) is 50.5 Å². The zero-order chi connectivity index (χ0) is 27.6. The molecule has 1 saturated heterocycles. The molecule has 0 saturated carbocycles. The van der Waals surface area contributed by atoms with Crippen LogP contribution >= 0.6 is 23.7 Å². The first-order chi connectivity index (χ1) is 18.7. The topological polar surface area (TPSA) is 94.6 Å². The summed E-state index contributed by atoms with van der Waals surface area (Å²) in [5, 5.41) is 4.04. The molecule has 0 atom stereocenters. The fourth-order valence-electron chi connectivity index (χ4n) is 4.75. The Morgan fingerprint density at radius 3 is 2.40 bits per heavy atom. The second-order valence-electron chi connectivity index (χ2n) is 10.0. The molecule has 1 amide bonds. The molecule has 0 unspecified atom stereocenters. The molecule has 0 bridgehead atoms. The van der Waals surface area contributed by atoms with Crippen molar-refractivity contribution in [1.82, 2.24) is 15.2 Å². The lowest BCUT2D eigenvalue weighted by molar-refractivity contribution is 0.0948. The van der Waals surface area contributed by atoms with Crippen molar-refractivity contribution in [2.45, 2.75) is 25.7 Å². The van der Waals surface area contributed by atoms with Gasteiger partial charge in [-0.1, -0.05) is 41.2 Å². The van der Waals surface area contributed by atoms with Gasteiger partial charge < -0.3 is 10.2 Å². The van der Waals surface area contributed by atoms with Gasteiger partial charge in [-0.25, -0.2) is 13.4 Å². The summed E-state index contributed by atoms with van der Waals surface area (Å²) in [5.74, 6) is -0.231. The predicted octanol–water partition coefficient (Wildman–Crippen LogP) is 5.00. The van der Waals surface area contributed by atoms with Gasteiger partial charge >= 0.3 is 0 Å². The number of hydrogen-bond acceptors (Lipinski definition) is 7. The molecule has 4 aromatic rings. The van der Waals surface area contributed by atoms with Gasteiger partial charge in [-0.2, -0.15) is 0 Å². The standard InChI is InChI=1S/C29H33N5O3S2.ClH/c1-20-7-9-25(10-8-20)39(36,37)32-24-6-4-5-23(19-24)28(35)30-11-12-33-13-15-34(16-14-33)29-31-26-18-21(2)17-22(3)27(26)38-29;/h4-10,17-19,32H,11-16H2,1-3H3,(H,30,35);1H. The van der Waals surface area contributed by atoms with Crippen LogP contribution in [0.5, 0.6) is 0 Å². The number of rotatable bonds is 8. The molecule has 0 spiro atoms. The van der Waals surface area contributed by atoms with Gasteiger partial charge in [-0.15, -0.1) is 12.4 Å². The van der Waals surface area contributed by atoms with Gasteiger partial charge in [0.1, 0.15) is 0 Å². The SMILES string of the molecule is Cc1ccc(S(=O)(=O)Nc2cccc(C(=O)NCCN3CCN(c4nc5cc(C)cc(C)c5s4)CC3)c2)cc1.Cl. The minimum absolute atomic E-state index is 0. The van der Waals surface area contributed by atoms with Crippen molar-refractivity contribution >= 4 is 60.7 Å². The number of thiazole rings is 1. The van der Waals surface area contributed by atoms with E-state index in [2.05, 4.69) is 45.8 Å². The van der Waals surface area contributed by atoms with E-state index in [0.29, 0.717) is 17.8 Å². The van der Waals surface area contributed by atoms with E-state index in [9.17, 15) is 13.2 Å². The molecule has 1 aromatic heterocycles. The Morgan fingerprint density at radius 1 is 0.950 bits per heavy atom. The third-order valence-corrected chi connectivity index (χ3v) is 9.54. The van der Waals surface area contributed by atoms with Gasteiger partial charge in [0.25, 0.3) is 15.9 Å². The number of carbonyl (C=O) groups is 1. The molecular weight excluding hydrogens is 566 g/mol. The highest BCUT2D eigenvalue weighted by Crippen LogP contribution is 2.32. The smallest absolute Gasteiger partial charge is 0.261 e. The minimum atomic E-state index is -3.74. The summed E-state index contributed by atoms with van der Waals surface area (Å²) < 4.78 is 29.2. The van der Waals surface area contributed by atoms with E-state index in [1.54, 1.807) is 59.9 Å². The first-order valence-corrected chi connectivity index (χ1v) is 15.3. The molecule has 0 aliphatic carbocycles. The zero-order valence-corrected chi connectivity index (χ0v) is 25.3. The third kappa shape index (κ3) is 6.93. The number of benzene rings is 3. The number of amides is 1. The molecule has 1 aliphatic heterocycles. The van der Waals surface area contributed by atoms with E-state index in [1.165, 1.54) is 15.8 Å². The molecule has 1 aliphatic rings. The Balaban J connectivity index is 0.00000370. The molecule has 5 rings (SSSR count). The van der Waals surface area contributed by atoms with E-state index in [4.69, 9.17) is 4.98 Å². The molecule has 1 fully saturated rings. The molecule has 2 heterocycles. The normalized spacial score (nSPS) is 14.1. The molecule has 11 heteroatoms. The van der Waals surface area contributed by atoms with Crippen molar-refractivity contribution in [1.29, 1.82) is 0 Å². The van der Waals surface area contributed by atoms with E-state index in [1.807, 2.05) is 6.92 Å². The Bertz CT molecular complexity index is 1600. The predicted molar refractivity (Wildman–Crippen MR) is 166 cm³/mol. The fraction of sp³-hybridized carbons (Fsp3) is 0.310. The van der Waals surface area contributed by atoms with Crippen LogP contribution in [0.1, 0.15) is 27.0 Å². The van der Waals surface area contributed by atoms with Gasteiger partial charge in [0.05, 0.1) is 15.1 Å². The number of halogens is 1. The lowest BCUT2D eigenvalue weighted by atomic mass is 10.1. The van der Waals surface area contributed by atoms with Crippen molar-refractivity contribution in [2.75, 3.05) is 48.9 Å². The van der Waals surface area contributed by atoms with E-state index < -0.39 is 10.0 Å². The van der Waals surface area contributed by atoms with E-state index >= 15 is 0 Å². The maximum Gasteiger partial charge on any atom is 0.261 e. The molecule has 8 nitrogen and oxygen atoms in total. The highest BCUT2D eigenvalue weighted by atomic mass is 35.5. The number of aryl methyl sites for hydroxylation is 3. The number of nitrogens with zero attached hydrogens (tertiary/aromatic N) is 3. The van der Waals surface area contributed by atoms with Crippen molar-refractivity contribution in [3.05, 3.63) is 82.9 Å². The summed E-state index contributed by atoms with van der Waals surface area (Å²) in [5.41, 5.74) is 5.32. The molecular formula is C29H34ClN5O3S2. The summed E-state index contributed by atoms with van der Waals surface area (Å²) >= 11 is 1.76. The van der Waals surface area contributed by atoms with Crippen LogP contribution in [0.3, 0.4) is 0 Å². The average Bonchev–Trinajstić information content (AvgIpc) is 3.34. The van der Waals surface area contributed by atoms with Crippen molar-refractivity contribution in [3.63, 3.8) is 0 Å². The fourth-order valence-corrected chi connectivity index (χ4v) is 6.86. The number of hydrogen-bond donors (Lipinski definition) is 2. The number of piperazine rings is 1. The summed E-state index contributed by atoms with van der Waals surface area (Å²) in [6.07, 6.45) is 0. The van der Waals surface area contributed by atoms with Crippen molar-refractivity contribution in [3.8, 4) is 0 Å². The van der Waals surface area contributed by atoms with Gasteiger partial charge in [0.2, 0.25) is 0 Å². The van der Waals surface area contributed by atoms with Gasteiger partial charge in [-0.3, -0.25) is 14.4 Å². The van der Waals surface area contributed by atoms with Crippen LogP contribution in [0.25, 0.3) is 10.2 Å². The highest BCUT2D eigenvalue weighted by molar-refractivity contribution is 7.92. The van der Waals surface area contributed by atoms with Crippen molar-refractivity contribution in [2.24, 2.45) is 0 Å². The Hall–Kier alpha value is -3.18. The Kier molecular flexibility index (Phi) is 9.35.